The van der Waals surface area contributed by atoms with Crippen LogP contribution in [0.5, 0.6) is 5.75 Å². The van der Waals surface area contributed by atoms with E-state index >= 15 is 0 Å². The number of phosphoric acid groups is 1. The van der Waals surface area contributed by atoms with Crippen LogP contribution in [0, 0.1) is 0 Å². The highest BCUT2D eigenvalue weighted by Gasteiger charge is 2.45. The number of ketones is 1. The van der Waals surface area contributed by atoms with Crippen molar-refractivity contribution in [3.63, 3.8) is 0 Å². The summed E-state index contributed by atoms with van der Waals surface area (Å²) < 4.78 is 72.1. The summed E-state index contributed by atoms with van der Waals surface area (Å²) in [4.78, 5) is 13.3. The van der Waals surface area contributed by atoms with Gasteiger partial charge in [-0.2, -0.15) is 13.2 Å². The summed E-state index contributed by atoms with van der Waals surface area (Å²) in [5, 5.41) is 0. The molecule has 0 bridgehead atoms. The third kappa shape index (κ3) is 5.05. The number of alkyl halides is 3. The first kappa shape index (κ1) is 23.1. The maximum absolute atomic E-state index is 13.3. The molecule has 2 rings (SSSR count). The van der Waals surface area contributed by atoms with Crippen molar-refractivity contribution in [3.05, 3.63) is 65.2 Å². The number of carbonyl (C=O) groups excluding carboxylic acids is 1. The van der Waals surface area contributed by atoms with E-state index in [2.05, 4.69) is 0 Å². The van der Waals surface area contributed by atoms with E-state index in [4.69, 9.17) is 18.3 Å². The molecule has 0 saturated carbocycles. The second-order valence-corrected chi connectivity index (χ2v) is 7.88. The molecule has 0 amide bonds. The fourth-order valence-electron chi connectivity index (χ4n) is 2.61. The molecule has 10 heteroatoms. The zero-order chi connectivity index (χ0) is 21.9. The molecule has 29 heavy (non-hydrogen) atoms. The lowest BCUT2D eigenvalue weighted by Gasteiger charge is -2.31. The number of phosphoric ester groups is 1. The monoisotopic (exact) mass is 432 g/mol. The molecule has 0 aliphatic carbocycles. The zero-order valence-electron chi connectivity index (χ0n) is 16.1. The van der Waals surface area contributed by atoms with Crippen LogP contribution in [0.15, 0.2) is 48.5 Å². The Bertz CT molecular complexity index is 905. The number of rotatable bonds is 8. The molecule has 158 valence electrons. The molecule has 2 aromatic rings. The molecule has 0 saturated heterocycles. The summed E-state index contributed by atoms with van der Waals surface area (Å²) in [5.41, 5.74) is -3.15. The highest BCUT2D eigenvalue weighted by molar-refractivity contribution is 7.48. The minimum absolute atomic E-state index is 0.101. The Morgan fingerprint density at radius 3 is 1.97 bits per heavy atom. The van der Waals surface area contributed by atoms with Crippen LogP contribution in [0.4, 0.5) is 13.2 Å². The van der Waals surface area contributed by atoms with Crippen molar-refractivity contribution in [3.8, 4) is 5.75 Å². The van der Waals surface area contributed by atoms with E-state index in [0.29, 0.717) is 5.75 Å². The van der Waals surface area contributed by atoms with E-state index in [9.17, 15) is 22.5 Å². The van der Waals surface area contributed by atoms with E-state index in [1.807, 2.05) is 0 Å². The van der Waals surface area contributed by atoms with Crippen LogP contribution in [0.2, 0.25) is 0 Å². The largest absolute Gasteiger partial charge is 0.497 e. The smallest absolute Gasteiger partial charge is 0.475 e. The van der Waals surface area contributed by atoms with Crippen LogP contribution in [-0.2, 0) is 29.9 Å². The number of benzene rings is 2. The number of carbonyl (C=O) groups is 1. The predicted octanol–water partition coefficient (Wildman–Crippen LogP) is 5.23. The molecule has 2 aromatic carbocycles. The average Bonchev–Trinajstić information content (AvgIpc) is 2.72. The van der Waals surface area contributed by atoms with Crippen molar-refractivity contribution >= 4 is 13.6 Å². The first-order chi connectivity index (χ1) is 13.5. The highest BCUT2D eigenvalue weighted by Crippen LogP contribution is 2.54. The predicted molar refractivity (Wildman–Crippen MR) is 98.8 cm³/mol. The van der Waals surface area contributed by atoms with Gasteiger partial charge in [0, 0.05) is 19.8 Å². The minimum Gasteiger partial charge on any atom is -0.497 e. The van der Waals surface area contributed by atoms with Gasteiger partial charge in [-0.05, 0) is 48.9 Å². The van der Waals surface area contributed by atoms with Crippen molar-refractivity contribution in [2.75, 3.05) is 21.3 Å². The van der Waals surface area contributed by atoms with Crippen molar-refractivity contribution in [1.29, 1.82) is 0 Å². The molecule has 6 nitrogen and oxygen atoms in total. The Morgan fingerprint density at radius 1 is 0.931 bits per heavy atom. The normalized spacial score (nSPS) is 14.3. The van der Waals surface area contributed by atoms with Gasteiger partial charge in [-0.3, -0.25) is 18.4 Å². The number of Topliss-reactive ketones (excluding diaryl/α,β-unsaturated/α-hetero) is 1. The Morgan fingerprint density at radius 2 is 1.48 bits per heavy atom. The summed E-state index contributed by atoms with van der Waals surface area (Å²) in [6.45, 7) is 1.21. The minimum atomic E-state index is -4.65. The molecule has 0 spiro atoms. The maximum Gasteiger partial charge on any atom is 0.475 e. The van der Waals surface area contributed by atoms with Crippen LogP contribution < -0.4 is 4.74 Å². The number of halogens is 3. The van der Waals surface area contributed by atoms with Gasteiger partial charge in [0.1, 0.15) is 5.75 Å². The van der Waals surface area contributed by atoms with E-state index in [1.54, 1.807) is 0 Å². The summed E-state index contributed by atoms with van der Waals surface area (Å²) in [7, 11) is -0.723. The summed E-state index contributed by atoms with van der Waals surface area (Å²) >= 11 is 0. The van der Waals surface area contributed by atoms with E-state index in [0.717, 1.165) is 32.4 Å². The van der Waals surface area contributed by atoms with Crippen LogP contribution in [0.1, 0.15) is 28.4 Å². The Hall–Kier alpha value is -2.19. The second-order valence-electron chi connectivity index (χ2n) is 6.07. The molecule has 0 radical (unpaired) electrons. The average molecular weight is 432 g/mol. The molecule has 0 aliphatic heterocycles. The fourth-order valence-corrected chi connectivity index (χ4v) is 3.54. The quantitative estimate of drug-likeness (QED) is 0.420. The van der Waals surface area contributed by atoms with Crippen molar-refractivity contribution < 1.29 is 40.8 Å². The highest BCUT2D eigenvalue weighted by atomic mass is 31.2. The van der Waals surface area contributed by atoms with Crippen molar-refractivity contribution in [2.24, 2.45) is 0 Å². The van der Waals surface area contributed by atoms with Crippen LogP contribution in [0.3, 0.4) is 0 Å². The van der Waals surface area contributed by atoms with Crippen LogP contribution in [0.25, 0.3) is 0 Å². The Labute approximate surface area is 166 Å². The maximum atomic E-state index is 13.3. The fraction of sp³-hybridized carbons (Fsp3) is 0.316. The van der Waals surface area contributed by atoms with E-state index in [1.165, 1.54) is 44.4 Å². The van der Waals surface area contributed by atoms with Gasteiger partial charge in [0.25, 0.3) is 0 Å². The van der Waals surface area contributed by atoms with E-state index < -0.39 is 30.9 Å². The van der Waals surface area contributed by atoms with Gasteiger partial charge < -0.3 is 4.74 Å². The second kappa shape index (κ2) is 8.67. The summed E-state index contributed by atoms with van der Waals surface area (Å²) in [6, 6.07) is 9.86. The van der Waals surface area contributed by atoms with Gasteiger partial charge in [-0.1, -0.05) is 12.1 Å². The van der Waals surface area contributed by atoms with Crippen LogP contribution in [-0.4, -0.2) is 27.1 Å². The molecule has 0 aromatic heterocycles. The first-order valence-corrected chi connectivity index (χ1v) is 9.74. The first-order valence-electron chi connectivity index (χ1n) is 8.28. The van der Waals surface area contributed by atoms with Crippen molar-refractivity contribution in [2.45, 2.75) is 18.7 Å². The third-order valence-electron chi connectivity index (χ3n) is 4.27. The third-order valence-corrected chi connectivity index (χ3v) is 5.75. The molecule has 0 aliphatic rings. The van der Waals surface area contributed by atoms with Gasteiger partial charge in [0.05, 0.1) is 12.7 Å². The molecule has 1 unspecified atom stereocenters. The van der Waals surface area contributed by atoms with E-state index in [-0.39, 0.29) is 11.1 Å². The lowest BCUT2D eigenvalue weighted by molar-refractivity contribution is -0.137. The van der Waals surface area contributed by atoms with Crippen molar-refractivity contribution in [1.82, 2.24) is 0 Å². The number of ether oxygens (including phenoxy) is 1. The van der Waals surface area contributed by atoms with Gasteiger partial charge in [-0.25, -0.2) is 4.57 Å². The lowest BCUT2D eigenvalue weighted by Crippen LogP contribution is -2.35. The topological polar surface area (TPSA) is 71.1 Å². The van der Waals surface area contributed by atoms with Gasteiger partial charge in [0.2, 0.25) is 0 Å². The van der Waals surface area contributed by atoms with Gasteiger partial charge >= 0.3 is 14.0 Å². The Kier molecular flexibility index (Phi) is 6.90. The zero-order valence-corrected chi connectivity index (χ0v) is 17.0. The molecular weight excluding hydrogens is 412 g/mol. The SMILES string of the molecule is COc1ccc(C(=O)C(C)(OP(=O)(OC)OC)c2cccc(C(F)(F)F)c2)cc1. The summed E-state index contributed by atoms with van der Waals surface area (Å²) in [6.07, 6.45) is -4.65. The number of hydrogen-bond acceptors (Lipinski definition) is 6. The number of hydrogen-bond donors (Lipinski definition) is 0. The molecule has 1 atom stereocenters. The molecular formula is C19H20F3O6P. The standard InChI is InChI=1S/C19H20F3O6P/c1-18(28-29(24,26-3)27-4,14-6-5-7-15(12-14)19(20,21)22)17(23)13-8-10-16(25-2)11-9-13/h5-12H,1-4H3. The Balaban J connectivity index is 2.62. The molecule has 0 heterocycles. The molecule has 0 N–H and O–H groups in total. The summed E-state index contributed by atoms with van der Waals surface area (Å²) in [5.74, 6) is -0.267. The lowest BCUT2D eigenvalue weighted by atomic mass is 9.87. The molecule has 0 fully saturated rings. The number of methoxy groups -OCH3 is 1. The van der Waals surface area contributed by atoms with Gasteiger partial charge in [-0.15, -0.1) is 0 Å². The van der Waals surface area contributed by atoms with Gasteiger partial charge in [0.15, 0.2) is 11.4 Å². The van der Waals surface area contributed by atoms with Crippen LogP contribution >= 0.6 is 7.82 Å².